The van der Waals surface area contributed by atoms with Crippen molar-refractivity contribution in [2.45, 2.75) is 6.92 Å². The van der Waals surface area contributed by atoms with Crippen LogP contribution in [0.4, 0.5) is 13.2 Å². The Morgan fingerprint density at radius 3 is 2.42 bits per heavy atom. The molecule has 1 aromatic carbocycles. The Balaban J connectivity index is 2.56. The van der Waals surface area contributed by atoms with Crippen LogP contribution in [0.25, 0.3) is 5.69 Å². The molecule has 0 atom stereocenters. The van der Waals surface area contributed by atoms with Gasteiger partial charge < -0.3 is 4.74 Å². The second kappa shape index (κ2) is 4.75. The number of rotatable bonds is 2. The van der Waals surface area contributed by atoms with E-state index < -0.39 is 23.4 Å². The fourth-order valence-electron chi connectivity index (χ4n) is 1.60. The molecule has 4 nitrogen and oxygen atoms in total. The van der Waals surface area contributed by atoms with Crippen molar-refractivity contribution < 1.29 is 22.7 Å². The van der Waals surface area contributed by atoms with E-state index in [1.165, 1.54) is 13.2 Å². The SMILES string of the molecule is COC(=O)c1cc(C)n(-c2cc(F)c(F)cc2F)n1. The maximum absolute atomic E-state index is 13.6. The minimum Gasteiger partial charge on any atom is -0.464 e. The second-order valence-electron chi connectivity index (χ2n) is 3.79. The number of ether oxygens (including phenoxy) is 1. The van der Waals surface area contributed by atoms with E-state index in [-0.39, 0.29) is 11.4 Å². The van der Waals surface area contributed by atoms with Gasteiger partial charge in [-0.15, -0.1) is 0 Å². The van der Waals surface area contributed by atoms with Gasteiger partial charge in [0.25, 0.3) is 0 Å². The quantitative estimate of drug-likeness (QED) is 0.621. The third kappa shape index (κ3) is 2.31. The van der Waals surface area contributed by atoms with Gasteiger partial charge in [0.15, 0.2) is 23.1 Å². The van der Waals surface area contributed by atoms with E-state index in [0.29, 0.717) is 17.8 Å². The van der Waals surface area contributed by atoms with E-state index in [1.807, 2.05) is 0 Å². The number of carbonyl (C=O) groups excluding carboxylic acids is 1. The number of esters is 1. The Hall–Kier alpha value is -2.31. The molecule has 1 heterocycles. The van der Waals surface area contributed by atoms with E-state index in [0.717, 1.165) is 4.68 Å². The Kier molecular flexibility index (Phi) is 3.28. The van der Waals surface area contributed by atoms with Crippen molar-refractivity contribution in [2.24, 2.45) is 0 Å². The van der Waals surface area contributed by atoms with Crippen molar-refractivity contribution in [2.75, 3.05) is 7.11 Å². The van der Waals surface area contributed by atoms with Gasteiger partial charge in [-0.25, -0.2) is 22.6 Å². The Labute approximate surface area is 106 Å². The predicted molar refractivity (Wildman–Crippen MR) is 59.5 cm³/mol. The molecule has 2 rings (SSSR count). The largest absolute Gasteiger partial charge is 0.464 e. The van der Waals surface area contributed by atoms with Gasteiger partial charge in [0, 0.05) is 17.8 Å². The fraction of sp³-hybridized carbons (Fsp3) is 0.167. The standard InChI is InChI=1S/C12H9F3N2O2/c1-6-3-10(12(18)19-2)16-17(6)11-5-8(14)7(13)4-9(11)15/h3-5H,1-2H3. The normalized spacial score (nSPS) is 10.6. The minimum atomic E-state index is -1.29. The van der Waals surface area contributed by atoms with Crippen LogP contribution in [0, 0.1) is 24.4 Å². The highest BCUT2D eigenvalue weighted by Crippen LogP contribution is 2.19. The zero-order valence-corrected chi connectivity index (χ0v) is 10.1. The lowest BCUT2D eigenvalue weighted by molar-refractivity contribution is 0.0593. The first-order valence-corrected chi connectivity index (χ1v) is 5.24. The molecule has 7 heteroatoms. The molecular formula is C12H9F3N2O2. The molecule has 0 aliphatic carbocycles. The van der Waals surface area contributed by atoms with Gasteiger partial charge in [-0.3, -0.25) is 0 Å². The molecule has 0 unspecified atom stereocenters. The van der Waals surface area contributed by atoms with Crippen molar-refractivity contribution >= 4 is 5.97 Å². The summed E-state index contributed by atoms with van der Waals surface area (Å²) in [5.41, 5.74) is 0.0426. The zero-order valence-electron chi connectivity index (χ0n) is 10.1. The van der Waals surface area contributed by atoms with Gasteiger partial charge in [0.1, 0.15) is 5.69 Å². The first-order valence-electron chi connectivity index (χ1n) is 5.24. The Bertz CT molecular complexity index is 653. The molecule has 19 heavy (non-hydrogen) atoms. The number of aromatic nitrogens is 2. The van der Waals surface area contributed by atoms with E-state index in [4.69, 9.17) is 0 Å². The van der Waals surface area contributed by atoms with Gasteiger partial charge in [0.05, 0.1) is 7.11 Å². The van der Waals surface area contributed by atoms with E-state index in [9.17, 15) is 18.0 Å². The molecule has 1 aromatic heterocycles. The number of halogens is 3. The van der Waals surface area contributed by atoms with Crippen LogP contribution in [-0.4, -0.2) is 22.9 Å². The average Bonchev–Trinajstić information content (AvgIpc) is 2.75. The molecule has 0 radical (unpaired) electrons. The number of nitrogens with zero attached hydrogens (tertiary/aromatic N) is 2. The van der Waals surface area contributed by atoms with Crippen LogP contribution >= 0.6 is 0 Å². The van der Waals surface area contributed by atoms with Gasteiger partial charge in [-0.1, -0.05) is 0 Å². The molecule has 0 spiro atoms. The van der Waals surface area contributed by atoms with Crippen molar-refractivity contribution in [1.82, 2.24) is 9.78 Å². The summed E-state index contributed by atoms with van der Waals surface area (Å²) in [6, 6.07) is 2.45. The average molecular weight is 270 g/mol. The predicted octanol–water partition coefficient (Wildman–Crippen LogP) is 2.38. The lowest BCUT2D eigenvalue weighted by Gasteiger charge is -2.06. The smallest absolute Gasteiger partial charge is 0.358 e. The van der Waals surface area contributed by atoms with Crippen LogP contribution in [-0.2, 0) is 4.74 Å². The molecule has 100 valence electrons. The van der Waals surface area contributed by atoms with Gasteiger partial charge in [0.2, 0.25) is 0 Å². The highest BCUT2D eigenvalue weighted by atomic mass is 19.2. The van der Waals surface area contributed by atoms with Crippen LogP contribution in [0.3, 0.4) is 0 Å². The number of hydrogen-bond acceptors (Lipinski definition) is 3. The maximum Gasteiger partial charge on any atom is 0.358 e. The van der Waals surface area contributed by atoms with Gasteiger partial charge >= 0.3 is 5.97 Å². The molecular weight excluding hydrogens is 261 g/mol. The Morgan fingerprint density at radius 1 is 1.16 bits per heavy atom. The number of hydrogen-bond donors (Lipinski definition) is 0. The lowest BCUT2D eigenvalue weighted by atomic mass is 10.2. The summed E-state index contributed by atoms with van der Waals surface area (Å²) in [7, 11) is 1.18. The van der Waals surface area contributed by atoms with Crippen LogP contribution in [0.2, 0.25) is 0 Å². The Morgan fingerprint density at radius 2 is 1.79 bits per heavy atom. The van der Waals surface area contributed by atoms with E-state index >= 15 is 0 Å². The molecule has 0 amide bonds. The fourth-order valence-corrected chi connectivity index (χ4v) is 1.60. The van der Waals surface area contributed by atoms with E-state index in [2.05, 4.69) is 9.84 Å². The molecule has 0 fully saturated rings. The molecule has 0 saturated heterocycles. The molecule has 0 bridgehead atoms. The molecule has 2 aromatic rings. The summed E-state index contributed by atoms with van der Waals surface area (Å²) in [4.78, 5) is 11.3. The van der Waals surface area contributed by atoms with Crippen molar-refractivity contribution in [3.05, 3.63) is 47.0 Å². The maximum atomic E-state index is 13.6. The third-order valence-corrected chi connectivity index (χ3v) is 2.50. The summed E-state index contributed by atoms with van der Waals surface area (Å²) in [6.45, 7) is 1.54. The summed E-state index contributed by atoms with van der Waals surface area (Å²) in [5, 5.41) is 3.80. The zero-order chi connectivity index (χ0) is 14.2. The van der Waals surface area contributed by atoms with Gasteiger partial charge in [-0.2, -0.15) is 5.10 Å². The van der Waals surface area contributed by atoms with Gasteiger partial charge in [-0.05, 0) is 13.0 Å². The van der Waals surface area contributed by atoms with Crippen LogP contribution in [0.1, 0.15) is 16.2 Å². The number of carbonyl (C=O) groups is 1. The summed E-state index contributed by atoms with van der Waals surface area (Å²) in [6.07, 6.45) is 0. The summed E-state index contributed by atoms with van der Waals surface area (Å²) in [5.74, 6) is -4.18. The van der Waals surface area contributed by atoms with Crippen molar-refractivity contribution in [3.63, 3.8) is 0 Å². The molecule has 0 aliphatic heterocycles. The van der Waals surface area contributed by atoms with Crippen LogP contribution in [0.5, 0.6) is 0 Å². The highest BCUT2D eigenvalue weighted by molar-refractivity contribution is 5.87. The summed E-state index contributed by atoms with van der Waals surface area (Å²) >= 11 is 0. The number of aryl methyl sites for hydroxylation is 1. The summed E-state index contributed by atoms with van der Waals surface area (Å²) < 4.78 is 45.1. The molecule has 0 aliphatic rings. The number of methoxy groups -OCH3 is 1. The lowest BCUT2D eigenvalue weighted by Crippen LogP contribution is -2.07. The number of benzene rings is 1. The third-order valence-electron chi connectivity index (χ3n) is 2.50. The topological polar surface area (TPSA) is 44.1 Å². The van der Waals surface area contributed by atoms with Crippen LogP contribution < -0.4 is 0 Å². The monoisotopic (exact) mass is 270 g/mol. The van der Waals surface area contributed by atoms with Crippen LogP contribution in [0.15, 0.2) is 18.2 Å². The second-order valence-corrected chi connectivity index (χ2v) is 3.79. The molecule has 0 N–H and O–H groups in total. The first-order chi connectivity index (χ1) is 8.93. The minimum absolute atomic E-state index is 0.0517. The molecule has 0 saturated carbocycles. The van der Waals surface area contributed by atoms with Crippen molar-refractivity contribution in [1.29, 1.82) is 0 Å². The first kappa shape index (κ1) is 13.1. The van der Waals surface area contributed by atoms with E-state index in [1.54, 1.807) is 6.92 Å². The van der Waals surface area contributed by atoms with Crippen molar-refractivity contribution in [3.8, 4) is 5.69 Å². The highest BCUT2D eigenvalue weighted by Gasteiger charge is 2.17.